The fourth-order valence-electron chi connectivity index (χ4n) is 3.18. The molecule has 0 atom stereocenters. The minimum Gasteiger partial charge on any atom is -0.478 e. The van der Waals surface area contributed by atoms with Crippen molar-refractivity contribution in [1.82, 2.24) is 0 Å². The van der Waals surface area contributed by atoms with Gasteiger partial charge in [0.15, 0.2) is 0 Å². The molecule has 0 amide bonds. The summed E-state index contributed by atoms with van der Waals surface area (Å²) in [6.07, 6.45) is 4.66. The summed E-state index contributed by atoms with van der Waals surface area (Å²) in [5.41, 5.74) is 7.75. The Hall–Kier alpha value is -1.71. The van der Waals surface area contributed by atoms with E-state index in [1.807, 2.05) is 6.07 Å². The van der Waals surface area contributed by atoms with Gasteiger partial charge in [0.05, 0.1) is 11.3 Å². The summed E-state index contributed by atoms with van der Waals surface area (Å²) in [5.74, 6) is -0.907. The van der Waals surface area contributed by atoms with Crippen LogP contribution in [0.5, 0.6) is 0 Å². The highest BCUT2D eigenvalue weighted by molar-refractivity contribution is 5.95. The first kappa shape index (κ1) is 14.7. The smallest absolute Gasteiger partial charge is 0.337 e. The van der Waals surface area contributed by atoms with Crippen LogP contribution in [0.2, 0.25) is 0 Å². The largest absolute Gasteiger partial charge is 0.478 e. The van der Waals surface area contributed by atoms with E-state index >= 15 is 0 Å². The van der Waals surface area contributed by atoms with Crippen LogP contribution in [0.1, 0.15) is 49.9 Å². The van der Waals surface area contributed by atoms with Crippen molar-refractivity contribution in [2.45, 2.75) is 39.5 Å². The van der Waals surface area contributed by atoms with Crippen molar-refractivity contribution < 1.29 is 9.90 Å². The van der Waals surface area contributed by atoms with Gasteiger partial charge in [-0.1, -0.05) is 26.7 Å². The van der Waals surface area contributed by atoms with Crippen LogP contribution < -0.4 is 10.6 Å². The summed E-state index contributed by atoms with van der Waals surface area (Å²) in [7, 11) is 0. The van der Waals surface area contributed by atoms with Gasteiger partial charge in [-0.2, -0.15) is 0 Å². The van der Waals surface area contributed by atoms with E-state index in [1.165, 1.54) is 12.8 Å². The highest BCUT2D eigenvalue weighted by Gasteiger charge is 2.32. The normalized spacial score (nSPS) is 18.0. The van der Waals surface area contributed by atoms with Crippen LogP contribution in [0.3, 0.4) is 0 Å². The maximum atomic E-state index is 11.4. The number of anilines is 2. The molecule has 0 spiro atoms. The first-order chi connectivity index (χ1) is 9.51. The summed E-state index contributed by atoms with van der Waals surface area (Å²) >= 11 is 0. The number of nitrogens with zero attached hydrogens (tertiary/aromatic N) is 1. The van der Waals surface area contributed by atoms with Crippen LogP contribution in [0.25, 0.3) is 0 Å². The Morgan fingerprint density at radius 1 is 1.30 bits per heavy atom. The third-order valence-electron chi connectivity index (χ3n) is 4.92. The molecule has 0 unspecified atom stereocenters. The number of carbonyl (C=O) groups is 1. The third-order valence-corrected chi connectivity index (χ3v) is 4.92. The molecule has 0 bridgehead atoms. The predicted octanol–water partition coefficient (Wildman–Crippen LogP) is 3.37. The molecule has 1 aliphatic rings. The van der Waals surface area contributed by atoms with Crippen LogP contribution in [0.15, 0.2) is 18.2 Å². The molecule has 2 rings (SSSR count). The van der Waals surface area contributed by atoms with Crippen molar-refractivity contribution in [3.63, 3.8) is 0 Å². The first-order valence-corrected chi connectivity index (χ1v) is 7.39. The zero-order valence-electron chi connectivity index (χ0n) is 12.4. The van der Waals surface area contributed by atoms with Gasteiger partial charge in [-0.15, -0.1) is 0 Å². The lowest BCUT2D eigenvalue weighted by Gasteiger charge is -2.42. The second-order valence-electron chi connectivity index (χ2n) is 5.78. The van der Waals surface area contributed by atoms with Gasteiger partial charge in [-0.25, -0.2) is 4.79 Å². The summed E-state index contributed by atoms with van der Waals surface area (Å²) in [6, 6.07) is 5.17. The van der Waals surface area contributed by atoms with Gasteiger partial charge in [0.2, 0.25) is 0 Å². The Morgan fingerprint density at radius 3 is 2.40 bits per heavy atom. The number of nitrogens with two attached hydrogens (primary N) is 1. The predicted molar refractivity (Wildman–Crippen MR) is 82.3 cm³/mol. The maximum Gasteiger partial charge on any atom is 0.337 e. The van der Waals surface area contributed by atoms with Gasteiger partial charge in [0, 0.05) is 18.8 Å². The molecule has 0 aliphatic carbocycles. The molecule has 0 radical (unpaired) electrons. The third kappa shape index (κ3) is 2.74. The van der Waals surface area contributed by atoms with E-state index in [0.717, 1.165) is 31.6 Å². The van der Waals surface area contributed by atoms with Crippen molar-refractivity contribution in [3.8, 4) is 0 Å². The van der Waals surface area contributed by atoms with E-state index in [1.54, 1.807) is 12.1 Å². The highest BCUT2D eigenvalue weighted by atomic mass is 16.4. The van der Waals surface area contributed by atoms with Crippen LogP contribution in [-0.4, -0.2) is 24.2 Å². The molecule has 1 aliphatic heterocycles. The number of hydrogen-bond acceptors (Lipinski definition) is 3. The molecular formula is C16H24N2O2. The highest BCUT2D eigenvalue weighted by Crippen LogP contribution is 2.39. The van der Waals surface area contributed by atoms with Gasteiger partial charge >= 0.3 is 5.97 Å². The van der Waals surface area contributed by atoms with Crippen molar-refractivity contribution >= 4 is 17.3 Å². The number of piperidine rings is 1. The average Bonchev–Trinajstić information content (AvgIpc) is 2.47. The number of hydrogen-bond donors (Lipinski definition) is 2. The molecule has 0 aromatic heterocycles. The topological polar surface area (TPSA) is 66.6 Å². The molecule has 4 nitrogen and oxygen atoms in total. The Kier molecular flexibility index (Phi) is 4.21. The zero-order chi connectivity index (χ0) is 14.8. The van der Waals surface area contributed by atoms with Crippen LogP contribution in [0.4, 0.5) is 11.4 Å². The monoisotopic (exact) mass is 276 g/mol. The molecule has 1 saturated heterocycles. The number of carboxylic acids is 1. The lowest BCUT2D eigenvalue weighted by Crippen LogP contribution is -2.40. The van der Waals surface area contributed by atoms with Gasteiger partial charge in [0.25, 0.3) is 0 Å². The van der Waals surface area contributed by atoms with Gasteiger partial charge in [-0.05, 0) is 36.5 Å². The van der Waals surface area contributed by atoms with Crippen LogP contribution in [-0.2, 0) is 0 Å². The van der Waals surface area contributed by atoms with Crippen LogP contribution >= 0.6 is 0 Å². The number of aromatic carboxylic acids is 1. The Bertz CT molecular complexity index is 485. The number of nitrogen functional groups attached to an aromatic ring is 1. The molecule has 0 saturated carbocycles. The molecule has 20 heavy (non-hydrogen) atoms. The molecule has 1 heterocycles. The Morgan fingerprint density at radius 2 is 1.90 bits per heavy atom. The van der Waals surface area contributed by atoms with E-state index in [2.05, 4.69) is 18.7 Å². The summed E-state index contributed by atoms with van der Waals surface area (Å²) in [5, 5.41) is 9.33. The second kappa shape index (κ2) is 5.73. The summed E-state index contributed by atoms with van der Waals surface area (Å²) < 4.78 is 0. The fraction of sp³-hybridized carbons (Fsp3) is 0.562. The zero-order valence-corrected chi connectivity index (χ0v) is 12.4. The SMILES string of the molecule is CCC1(CC)CCN(c2ccc(N)cc2C(=O)O)CC1. The van der Waals surface area contributed by atoms with Crippen molar-refractivity contribution in [3.05, 3.63) is 23.8 Å². The fourth-order valence-corrected chi connectivity index (χ4v) is 3.18. The Labute approximate surface area is 120 Å². The molecule has 4 heteroatoms. The second-order valence-corrected chi connectivity index (χ2v) is 5.78. The van der Waals surface area contributed by atoms with Gasteiger partial charge in [-0.3, -0.25) is 0 Å². The molecule has 1 fully saturated rings. The molecule has 110 valence electrons. The quantitative estimate of drug-likeness (QED) is 0.827. The summed E-state index contributed by atoms with van der Waals surface area (Å²) in [6.45, 7) is 6.36. The maximum absolute atomic E-state index is 11.4. The molecular weight excluding hydrogens is 252 g/mol. The number of carboxylic acid groups (broad SMARTS) is 1. The number of rotatable bonds is 4. The molecule has 1 aromatic rings. The number of benzene rings is 1. The minimum absolute atomic E-state index is 0.311. The molecule has 3 N–H and O–H groups in total. The van der Waals surface area contributed by atoms with Gasteiger partial charge in [0.1, 0.15) is 0 Å². The average molecular weight is 276 g/mol. The van der Waals surface area contributed by atoms with E-state index in [9.17, 15) is 9.90 Å². The minimum atomic E-state index is -0.907. The van der Waals surface area contributed by atoms with E-state index < -0.39 is 5.97 Å². The lowest BCUT2D eigenvalue weighted by molar-refractivity contribution is 0.0697. The van der Waals surface area contributed by atoms with Crippen molar-refractivity contribution in [2.75, 3.05) is 23.7 Å². The van der Waals surface area contributed by atoms with E-state index in [0.29, 0.717) is 16.7 Å². The Balaban J connectivity index is 2.21. The van der Waals surface area contributed by atoms with Gasteiger partial charge < -0.3 is 15.7 Å². The lowest BCUT2D eigenvalue weighted by atomic mass is 9.74. The van der Waals surface area contributed by atoms with Crippen LogP contribution in [0, 0.1) is 5.41 Å². The van der Waals surface area contributed by atoms with E-state index in [4.69, 9.17) is 5.73 Å². The van der Waals surface area contributed by atoms with Crippen molar-refractivity contribution in [1.29, 1.82) is 0 Å². The van der Waals surface area contributed by atoms with E-state index in [-0.39, 0.29) is 0 Å². The first-order valence-electron chi connectivity index (χ1n) is 7.39. The molecule has 1 aromatic carbocycles. The summed E-state index contributed by atoms with van der Waals surface area (Å²) in [4.78, 5) is 13.6. The standard InChI is InChI=1S/C16H24N2O2/c1-3-16(4-2)7-9-18(10-8-16)14-6-5-12(17)11-13(14)15(19)20/h5-6,11H,3-4,7-10,17H2,1-2H3,(H,19,20). The van der Waals surface area contributed by atoms with Crippen molar-refractivity contribution in [2.24, 2.45) is 5.41 Å².